The SMILES string of the molecule is CCCCOC(=O)CN(Cc1cccc(OC)c1)S(=O)(=O)c1ccc2c(Cl)cnc(Cl)c2c1. The number of nitrogens with zero attached hydrogens (tertiary/aromatic N) is 2. The number of aromatic nitrogens is 1. The van der Waals surface area contributed by atoms with Crippen molar-refractivity contribution in [2.45, 2.75) is 31.2 Å². The summed E-state index contributed by atoms with van der Waals surface area (Å²) in [6.45, 7) is 1.71. The van der Waals surface area contributed by atoms with Crippen LogP contribution in [0.4, 0.5) is 0 Å². The summed E-state index contributed by atoms with van der Waals surface area (Å²) in [6, 6.07) is 11.4. The lowest BCUT2D eigenvalue weighted by molar-refractivity contribution is -0.144. The highest BCUT2D eigenvalue weighted by Gasteiger charge is 2.28. The number of unbranched alkanes of at least 4 members (excludes halogenated alkanes) is 1. The van der Waals surface area contributed by atoms with Crippen molar-refractivity contribution in [2.24, 2.45) is 0 Å². The zero-order valence-corrected chi connectivity index (χ0v) is 20.6. The van der Waals surface area contributed by atoms with Gasteiger partial charge in [-0.2, -0.15) is 4.31 Å². The van der Waals surface area contributed by atoms with Crippen molar-refractivity contribution in [2.75, 3.05) is 20.3 Å². The molecule has 2 aromatic carbocycles. The maximum atomic E-state index is 13.6. The molecule has 1 heterocycles. The molecule has 10 heteroatoms. The molecule has 0 aliphatic heterocycles. The molecule has 0 spiro atoms. The summed E-state index contributed by atoms with van der Waals surface area (Å²) >= 11 is 12.4. The van der Waals surface area contributed by atoms with E-state index >= 15 is 0 Å². The second-order valence-electron chi connectivity index (χ2n) is 7.30. The van der Waals surface area contributed by atoms with Crippen LogP contribution in [0.25, 0.3) is 10.8 Å². The van der Waals surface area contributed by atoms with Crippen LogP contribution in [0.15, 0.2) is 53.6 Å². The van der Waals surface area contributed by atoms with Crippen LogP contribution in [0.1, 0.15) is 25.3 Å². The second kappa shape index (κ2) is 11.2. The van der Waals surface area contributed by atoms with Crippen LogP contribution in [0.3, 0.4) is 0 Å². The first-order chi connectivity index (χ1) is 15.8. The molecule has 0 saturated carbocycles. The number of ether oxygens (including phenoxy) is 2. The van der Waals surface area contributed by atoms with Crippen molar-refractivity contribution in [1.29, 1.82) is 0 Å². The molecule has 0 aliphatic carbocycles. The predicted octanol–water partition coefficient (Wildman–Crippen LogP) is 5.08. The lowest BCUT2D eigenvalue weighted by atomic mass is 10.2. The van der Waals surface area contributed by atoms with Crippen molar-refractivity contribution >= 4 is 50.0 Å². The lowest BCUT2D eigenvalue weighted by Crippen LogP contribution is -2.36. The van der Waals surface area contributed by atoms with Crippen molar-refractivity contribution in [3.63, 3.8) is 0 Å². The van der Waals surface area contributed by atoms with Crippen LogP contribution >= 0.6 is 23.2 Å². The van der Waals surface area contributed by atoms with E-state index in [9.17, 15) is 13.2 Å². The number of hydrogen-bond acceptors (Lipinski definition) is 6. The largest absolute Gasteiger partial charge is 0.497 e. The molecule has 1 aromatic heterocycles. The molecule has 0 bridgehead atoms. The van der Waals surface area contributed by atoms with E-state index in [1.807, 2.05) is 6.92 Å². The third-order valence-electron chi connectivity index (χ3n) is 4.96. The van der Waals surface area contributed by atoms with Gasteiger partial charge in [-0.05, 0) is 36.2 Å². The van der Waals surface area contributed by atoms with Crippen LogP contribution in [0, 0.1) is 0 Å². The molecule has 7 nitrogen and oxygen atoms in total. The van der Waals surface area contributed by atoms with Gasteiger partial charge in [0.2, 0.25) is 10.0 Å². The van der Waals surface area contributed by atoms with Crippen LogP contribution in [0.2, 0.25) is 10.2 Å². The molecule has 0 saturated heterocycles. The van der Waals surface area contributed by atoms with Gasteiger partial charge in [0, 0.05) is 23.5 Å². The molecule has 0 atom stereocenters. The Balaban J connectivity index is 1.99. The fourth-order valence-corrected chi connectivity index (χ4v) is 5.00. The highest BCUT2D eigenvalue weighted by atomic mass is 35.5. The third kappa shape index (κ3) is 6.14. The van der Waals surface area contributed by atoms with E-state index in [1.54, 1.807) is 30.3 Å². The van der Waals surface area contributed by atoms with Gasteiger partial charge in [-0.1, -0.05) is 54.7 Å². The Morgan fingerprint density at radius 3 is 2.64 bits per heavy atom. The van der Waals surface area contributed by atoms with Gasteiger partial charge < -0.3 is 9.47 Å². The minimum Gasteiger partial charge on any atom is -0.497 e. The van der Waals surface area contributed by atoms with E-state index in [-0.39, 0.29) is 23.2 Å². The van der Waals surface area contributed by atoms with Gasteiger partial charge in [-0.25, -0.2) is 13.4 Å². The molecule has 3 aromatic rings. The van der Waals surface area contributed by atoms with Crippen molar-refractivity contribution in [1.82, 2.24) is 9.29 Å². The molecular formula is C23H24Cl2N2O5S. The zero-order valence-electron chi connectivity index (χ0n) is 18.3. The fourth-order valence-electron chi connectivity index (χ4n) is 3.18. The Hall–Kier alpha value is -2.39. The Kier molecular flexibility index (Phi) is 8.53. The fraction of sp³-hybridized carbons (Fsp3) is 0.304. The summed E-state index contributed by atoms with van der Waals surface area (Å²) in [5.41, 5.74) is 0.655. The minimum absolute atomic E-state index is 0.0368. The van der Waals surface area contributed by atoms with Gasteiger partial charge in [0.1, 0.15) is 17.4 Å². The van der Waals surface area contributed by atoms with E-state index in [2.05, 4.69) is 4.98 Å². The molecule has 176 valence electrons. The van der Waals surface area contributed by atoms with Gasteiger partial charge in [0.05, 0.1) is 23.6 Å². The second-order valence-corrected chi connectivity index (χ2v) is 10.0. The number of halogens is 2. The van der Waals surface area contributed by atoms with E-state index in [0.717, 1.165) is 10.7 Å². The van der Waals surface area contributed by atoms with E-state index < -0.39 is 22.5 Å². The van der Waals surface area contributed by atoms with Crippen LogP contribution in [-0.2, 0) is 26.1 Å². The van der Waals surface area contributed by atoms with E-state index in [4.69, 9.17) is 32.7 Å². The number of carbonyl (C=O) groups is 1. The molecule has 3 rings (SSSR count). The summed E-state index contributed by atoms with van der Waals surface area (Å²) in [6.07, 6.45) is 2.96. The van der Waals surface area contributed by atoms with Crippen LogP contribution in [0.5, 0.6) is 5.75 Å². The Bertz CT molecular complexity index is 1250. The number of fused-ring (bicyclic) bond motifs is 1. The molecule has 0 aliphatic rings. The molecule has 0 fully saturated rings. The van der Waals surface area contributed by atoms with E-state index in [1.165, 1.54) is 25.4 Å². The Morgan fingerprint density at radius 1 is 1.12 bits per heavy atom. The number of benzene rings is 2. The summed E-state index contributed by atoms with van der Waals surface area (Å²) < 4.78 is 38.7. The summed E-state index contributed by atoms with van der Waals surface area (Å²) in [5.74, 6) is -0.0490. The highest BCUT2D eigenvalue weighted by molar-refractivity contribution is 7.89. The summed E-state index contributed by atoms with van der Waals surface area (Å²) in [4.78, 5) is 16.4. The standard InChI is InChI=1S/C23H24Cl2N2O5S/c1-3-4-10-32-22(28)15-27(14-16-6-5-7-17(11-16)31-2)33(29,30)18-8-9-19-20(12-18)23(25)26-13-21(19)24/h5-9,11-13H,3-4,10,14-15H2,1-2H3. The topological polar surface area (TPSA) is 85.8 Å². The van der Waals surface area contributed by atoms with Gasteiger partial charge >= 0.3 is 5.97 Å². The van der Waals surface area contributed by atoms with Crippen molar-refractivity contribution < 1.29 is 22.7 Å². The molecule has 0 amide bonds. The number of sulfonamides is 1. The summed E-state index contributed by atoms with van der Waals surface area (Å²) in [7, 11) is -2.58. The van der Waals surface area contributed by atoms with Gasteiger partial charge in [-0.15, -0.1) is 0 Å². The van der Waals surface area contributed by atoms with Gasteiger partial charge in [-0.3, -0.25) is 4.79 Å². The van der Waals surface area contributed by atoms with Gasteiger partial charge in [0.15, 0.2) is 0 Å². The number of hydrogen-bond donors (Lipinski definition) is 0. The zero-order chi connectivity index (χ0) is 24.0. The average Bonchev–Trinajstić information content (AvgIpc) is 2.81. The maximum absolute atomic E-state index is 13.6. The number of pyridine rings is 1. The number of methoxy groups -OCH3 is 1. The smallest absolute Gasteiger partial charge is 0.321 e. The number of carbonyl (C=O) groups excluding carboxylic acids is 1. The number of rotatable bonds is 10. The molecule has 33 heavy (non-hydrogen) atoms. The average molecular weight is 511 g/mol. The molecular weight excluding hydrogens is 487 g/mol. The maximum Gasteiger partial charge on any atom is 0.321 e. The number of esters is 1. The molecule has 0 N–H and O–H groups in total. The Labute approximate surface area is 203 Å². The predicted molar refractivity (Wildman–Crippen MR) is 128 cm³/mol. The van der Waals surface area contributed by atoms with Crippen molar-refractivity contribution in [3.05, 3.63) is 64.4 Å². The normalized spacial score (nSPS) is 11.7. The quantitative estimate of drug-likeness (QED) is 0.214. The van der Waals surface area contributed by atoms with E-state index in [0.29, 0.717) is 33.5 Å². The van der Waals surface area contributed by atoms with Crippen molar-refractivity contribution in [3.8, 4) is 5.75 Å². The Morgan fingerprint density at radius 2 is 1.91 bits per heavy atom. The highest BCUT2D eigenvalue weighted by Crippen LogP contribution is 2.31. The first-order valence-electron chi connectivity index (χ1n) is 10.3. The first kappa shape index (κ1) is 25.2. The summed E-state index contributed by atoms with van der Waals surface area (Å²) in [5, 5.41) is 1.46. The molecule has 0 radical (unpaired) electrons. The van der Waals surface area contributed by atoms with Gasteiger partial charge in [0.25, 0.3) is 0 Å². The molecule has 0 unspecified atom stereocenters. The first-order valence-corrected chi connectivity index (χ1v) is 12.5. The van der Waals surface area contributed by atoms with Crippen LogP contribution in [-0.4, -0.2) is 43.9 Å². The third-order valence-corrected chi connectivity index (χ3v) is 7.35. The minimum atomic E-state index is -4.10. The lowest BCUT2D eigenvalue weighted by Gasteiger charge is -2.22. The monoisotopic (exact) mass is 510 g/mol. The van der Waals surface area contributed by atoms with Crippen LogP contribution < -0.4 is 4.74 Å².